The molecule has 5 nitrogen and oxygen atoms in total. The van der Waals surface area contributed by atoms with E-state index >= 15 is 0 Å². The molecular weight excluding hydrogens is 315 g/mol. The Morgan fingerprint density at radius 3 is 2.56 bits per heavy atom. The first-order valence-corrected chi connectivity index (χ1v) is 9.29. The maximum Gasteiger partial charge on any atom is 0.494 e. The molecule has 0 aliphatic carbocycles. The molecule has 1 aromatic rings. The lowest BCUT2D eigenvalue weighted by Crippen LogP contribution is -2.46. The van der Waals surface area contributed by atoms with Gasteiger partial charge in [-0.05, 0) is 64.2 Å². The lowest BCUT2D eigenvalue weighted by Gasteiger charge is -2.32. The first-order valence-electron chi connectivity index (χ1n) is 9.29. The number of benzene rings is 1. The number of fused-ring (bicyclic) bond motifs is 1. The van der Waals surface area contributed by atoms with Crippen molar-refractivity contribution < 1.29 is 14.1 Å². The minimum Gasteiger partial charge on any atom is -0.399 e. The zero-order valence-electron chi connectivity index (χ0n) is 15.6. The number of piperidine rings is 1. The Morgan fingerprint density at radius 2 is 1.92 bits per heavy atom. The van der Waals surface area contributed by atoms with E-state index in [1.807, 2.05) is 17.0 Å². The second kappa shape index (κ2) is 5.83. The third-order valence-corrected chi connectivity index (χ3v) is 6.20. The average molecular weight is 342 g/mol. The summed E-state index contributed by atoms with van der Waals surface area (Å²) in [7, 11) is -0.379. The summed E-state index contributed by atoms with van der Waals surface area (Å²) in [6.07, 6.45) is 2.21. The van der Waals surface area contributed by atoms with Crippen LogP contribution < -0.4 is 10.8 Å². The van der Waals surface area contributed by atoms with Gasteiger partial charge in [-0.3, -0.25) is 4.79 Å². The second-order valence-electron chi connectivity index (χ2n) is 8.44. The highest BCUT2D eigenvalue weighted by atomic mass is 16.7. The molecule has 1 amide bonds. The van der Waals surface area contributed by atoms with Crippen LogP contribution in [0.3, 0.4) is 0 Å². The van der Waals surface area contributed by atoms with Crippen LogP contribution in [0.2, 0.25) is 0 Å². The molecule has 4 rings (SSSR count). The van der Waals surface area contributed by atoms with Gasteiger partial charge in [-0.2, -0.15) is 0 Å². The minimum absolute atomic E-state index is 0.157. The number of amides is 1. The predicted octanol–water partition coefficient (Wildman–Crippen LogP) is 1.69. The van der Waals surface area contributed by atoms with Gasteiger partial charge in [0.15, 0.2) is 0 Å². The Balaban J connectivity index is 1.56. The number of nitrogens with one attached hydrogen (secondary N) is 1. The molecular formula is C19H27BN2O3. The van der Waals surface area contributed by atoms with Crippen molar-refractivity contribution in [2.45, 2.75) is 64.3 Å². The molecule has 0 saturated carbocycles. The highest BCUT2D eigenvalue weighted by Gasteiger charge is 2.52. The summed E-state index contributed by atoms with van der Waals surface area (Å²) in [5.74, 6) is 0.157. The van der Waals surface area contributed by atoms with Crippen molar-refractivity contribution in [2.75, 3.05) is 13.1 Å². The lowest BCUT2D eigenvalue weighted by molar-refractivity contribution is 0.00578. The first kappa shape index (κ1) is 17.1. The summed E-state index contributed by atoms with van der Waals surface area (Å²) >= 11 is 0. The maximum absolute atomic E-state index is 12.8. The maximum atomic E-state index is 12.8. The Morgan fingerprint density at radius 1 is 1.20 bits per heavy atom. The summed E-state index contributed by atoms with van der Waals surface area (Å²) in [4.78, 5) is 14.8. The molecule has 1 unspecified atom stereocenters. The molecule has 0 spiro atoms. The predicted molar refractivity (Wildman–Crippen MR) is 97.9 cm³/mol. The molecule has 0 radical (unpaired) electrons. The summed E-state index contributed by atoms with van der Waals surface area (Å²) < 4.78 is 12.3. The first-order chi connectivity index (χ1) is 11.8. The van der Waals surface area contributed by atoms with E-state index in [9.17, 15) is 4.79 Å². The van der Waals surface area contributed by atoms with Crippen molar-refractivity contribution in [1.29, 1.82) is 0 Å². The number of carbonyl (C=O) groups excluding carboxylic acids is 1. The molecule has 134 valence electrons. The molecule has 6 heteroatoms. The molecule has 1 N–H and O–H groups in total. The Kier molecular flexibility index (Phi) is 3.98. The quantitative estimate of drug-likeness (QED) is 0.831. The number of hydrogen-bond donors (Lipinski definition) is 1. The van der Waals surface area contributed by atoms with Gasteiger partial charge in [-0.1, -0.05) is 12.1 Å². The third-order valence-electron chi connectivity index (χ3n) is 6.20. The normalized spacial score (nSPS) is 27.7. The van der Waals surface area contributed by atoms with Gasteiger partial charge in [-0.15, -0.1) is 0 Å². The summed E-state index contributed by atoms with van der Waals surface area (Å²) in [6, 6.07) is 6.30. The van der Waals surface area contributed by atoms with Crippen molar-refractivity contribution in [3.05, 3.63) is 29.3 Å². The third kappa shape index (κ3) is 2.80. The minimum atomic E-state index is -0.379. The van der Waals surface area contributed by atoms with Gasteiger partial charge >= 0.3 is 7.12 Å². The lowest BCUT2D eigenvalue weighted by atomic mass is 9.78. The zero-order chi connectivity index (χ0) is 17.8. The van der Waals surface area contributed by atoms with Crippen LogP contribution in [-0.2, 0) is 15.9 Å². The van der Waals surface area contributed by atoms with Crippen molar-refractivity contribution >= 4 is 18.5 Å². The smallest absolute Gasteiger partial charge is 0.399 e. The average Bonchev–Trinajstić information content (AvgIpc) is 3.01. The molecule has 2 fully saturated rings. The molecule has 0 aromatic heterocycles. The SMILES string of the molecule is CC1(C)OB(c2ccc3c(c2)CN(C2CCCNC2)C3=O)OC1(C)C. The van der Waals surface area contributed by atoms with Gasteiger partial charge in [-0.25, -0.2) is 0 Å². The van der Waals surface area contributed by atoms with Crippen LogP contribution in [0.25, 0.3) is 0 Å². The number of rotatable bonds is 2. The molecule has 3 heterocycles. The highest BCUT2D eigenvalue weighted by molar-refractivity contribution is 6.62. The van der Waals surface area contributed by atoms with Gasteiger partial charge < -0.3 is 19.5 Å². The summed E-state index contributed by atoms with van der Waals surface area (Å²) in [5, 5.41) is 3.40. The number of hydrogen-bond acceptors (Lipinski definition) is 4. The van der Waals surface area contributed by atoms with Gasteiger partial charge in [0.1, 0.15) is 0 Å². The van der Waals surface area contributed by atoms with Crippen LogP contribution in [0.5, 0.6) is 0 Å². The van der Waals surface area contributed by atoms with Crippen molar-refractivity contribution in [3.8, 4) is 0 Å². The van der Waals surface area contributed by atoms with Crippen LogP contribution in [0.1, 0.15) is 56.5 Å². The van der Waals surface area contributed by atoms with Crippen LogP contribution in [0, 0.1) is 0 Å². The van der Waals surface area contributed by atoms with E-state index in [-0.39, 0.29) is 24.2 Å². The molecule has 1 atom stereocenters. The molecule has 25 heavy (non-hydrogen) atoms. The van der Waals surface area contributed by atoms with E-state index in [0.717, 1.165) is 42.5 Å². The van der Waals surface area contributed by atoms with Crippen molar-refractivity contribution in [3.63, 3.8) is 0 Å². The van der Waals surface area contributed by atoms with Gasteiger partial charge in [0.25, 0.3) is 5.91 Å². The Hall–Kier alpha value is -1.37. The van der Waals surface area contributed by atoms with Crippen molar-refractivity contribution in [1.82, 2.24) is 10.2 Å². The summed E-state index contributed by atoms with van der Waals surface area (Å²) in [6.45, 7) is 10.9. The van der Waals surface area contributed by atoms with Gasteiger partial charge in [0.2, 0.25) is 0 Å². The molecule has 0 bridgehead atoms. The summed E-state index contributed by atoms with van der Waals surface area (Å²) in [5.41, 5.74) is 2.20. The van der Waals surface area contributed by atoms with E-state index in [1.54, 1.807) is 0 Å². The van der Waals surface area contributed by atoms with E-state index in [4.69, 9.17) is 9.31 Å². The molecule has 3 aliphatic rings. The molecule has 2 saturated heterocycles. The fraction of sp³-hybridized carbons (Fsp3) is 0.632. The van der Waals surface area contributed by atoms with Crippen molar-refractivity contribution in [2.24, 2.45) is 0 Å². The van der Waals surface area contributed by atoms with E-state index in [2.05, 4.69) is 39.1 Å². The fourth-order valence-corrected chi connectivity index (χ4v) is 3.88. The Bertz CT molecular complexity index is 682. The van der Waals surface area contributed by atoms with Crippen LogP contribution >= 0.6 is 0 Å². The van der Waals surface area contributed by atoms with Crippen LogP contribution in [0.4, 0.5) is 0 Å². The topological polar surface area (TPSA) is 50.8 Å². The van der Waals surface area contributed by atoms with E-state index in [0.29, 0.717) is 12.6 Å². The van der Waals surface area contributed by atoms with Crippen LogP contribution in [0.15, 0.2) is 18.2 Å². The molecule has 3 aliphatic heterocycles. The highest BCUT2D eigenvalue weighted by Crippen LogP contribution is 2.37. The van der Waals surface area contributed by atoms with Gasteiger partial charge in [0, 0.05) is 24.7 Å². The Labute approximate surface area is 150 Å². The molecule has 1 aromatic carbocycles. The second-order valence-corrected chi connectivity index (χ2v) is 8.44. The zero-order valence-corrected chi connectivity index (χ0v) is 15.6. The van der Waals surface area contributed by atoms with E-state index in [1.165, 1.54) is 0 Å². The monoisotopic (exact) mass is 342 g/mol. The number of nitrogens with zero attached hydrogens (tertiary/aromatic N) is 1. The number of carbonyl (C=O) groups is 1. The van der Waals surface area contributed by atoms with Crippen LogP contribution in [-0.4, -0.2) is 48.3 Å². The fourth-order valence-electron chi connectivity index (χ4n) is 3.88. The largest absolute Gasteiger partial charge is 0.494 e. The standard InChI is InChI=1S/C19H27BN2O3/c1-18(2)19(3,4)25-20(24-18)14-7-8-16-13(10-14)12-22(17(16)23)15-6-5-9-21-11-15/h7-8,10,15,21H,5-6,9,11-12H2,1-4H3. The van der Waals surface area contributed by atoms with E-state index < -0.39 is 0 Å². The van der Waals surface area contributed by atoms with Gasteiger partial charge in [0.05, 0.1) is 11.2 Å².